The zero-order chi connectivity index (χ0) is 20.7. The van der Waals surface area contributed by atoms with Gasteiger partial charge in [-0.2, -0.15) is 0 Å². The number of hydrogen-bond acceptors (Lipinski definition) is 4. The number of likely N-dealkylation sites (tertiary alicyclic amines) is 1. The molecule has 3 aliphatic carbocycles. The van der Waals surface area contributed by atoms with Gasteiger partial charge in [-0.1, -0.05) is 0 Å². The van der Waals surface area contributed by atoms with Gasteiger partial charge in [-0.15, -0.1) is 0 Å². The number of halogens is 3. The molecule has 1 aromatic heterocycles. The van der Waals surface area contributed by atoms with Gasteiger partial charge < -0.3 is 5.11 Å². The Kier molecular flexibility index (Phi) is 4.16. The highest BCUT2D eigenvalue weighted by Crippen LogP contribution is 2.45. The van der Waals surface area contributed by atoms with Gasteiger partial charge in [-0.05, 0) is 43.8 Å². The maximum Gasteiger partial charge on any atom is 0.329 e. The minimum atomic E-state index is -3.11. The SMILES string of the molecule is CC1=c2c(c(=O)[nH]c(=O)n2C2CC2)=CC(F)C1N1CC2CCC(F)(F)C(O)C2C1. The molecule has 5 rings (SSSR count). The Morgan fingerprint density at radius 3 is 2.62 bits per heavy atom. The summed E-state index contributed by atoms with van der Waals surface area (Å²) < 4.78 is 44.7. The lowest BCUT2D eigenvalue weighted by Crippen LogP contribution is -2.60. The number of hydrogen-bond donors (Lipinski definition) is 2. The van der Waals surface area contributed by atoms with Crippen LogP contribution in [0.4, 0.5) is 13.2 Å². The van der Waals surface area contributed by atoms with Crippen LogP contribution in [0.2, 0.25) is 0 Å². The number of aliphatic hydroxyl groups is 1. The summed E-state index contributed by atoms with van der Waals surface area (Å²) in [4.78, 5) is 28.8. The van der Waals surface area contributed by atoms with Crippen LogP contribution in [-0.2, 0) is 0 Å². The second-order valence-electron chi connectivity index (χ2n) is 8.98. The van der Waals surface area contributed by atoms with Gasteiger partial charge in [0.15, 0.2) is 0 Å². The van der Waals surface area contributed by atoms with Crippen LogP contribution < -0.4 is 21.8 Å². The molecule has 5 atom stereocenters. The Balaban J connectivity index is 1.59. The summed E-state index contributed by atoms with van der Waals surface area (Å²) in [6, 6.07) is -0.741. The number of aromatic nitrogens is 2. The first-order chi connectivity index (χ1) is 13.7. The molecule has 0 spiro atoms. The standard InChI is InChI=1S/C20H24F3N3O3/c1-9-15-12(18(28)24-19(29)26(15)11-2-3-11)6-14(21)16(9)25-7-10-4-5-20(22,23)17(27)13(10)8-25/h6,10-11,13-14,16-17,27H,2-5,7-8H2,1H3,(H,24,28,29). The van der Waals surface area contributed by atoms with E-state index in [2.05, 4.69) is 4.98 Å². The van der Waals surface area contributed by atoms with Crippen LogP contribution in [0.5, 0.6) is 0 Å². The minimum Gasteiger partial charge on any atom is -0.387 e. The van der Waals surface area contributed by atoms with Crippen molar-refractivity contribution < 1.29 is 18.3 Å². The quantitative estimate of drug-likeness (QED) is 0.712. The van der Waals surface area contributed by atoms with Crippen LogP contribution in [0, 0.1) is 11.8 Å². The Labute approximate surface area is 164 Å². The van der Waals surface area contributed by atoms with Crippen LogP contribution in [-0.4, -0.2) is 56.9 Å². The van der Waals surface area contributed by atoms with Crippen LogP contribution in [0.1, 0.15) is 38.6 Å². The molecular formula is C20H24F3N3O3. The van der Waals surface area contributed by atoms with E-state index >= 15 is 4.39 Å². The number of alkyl halides is 3. The lowest BCUT2D eigenvalue weighted by molar-refractivity contribution is -0.161. The summed E-state index contributed by atoms with van der Waals surface area (Å²) in [5.41, 5.74) is -0.525. The highest BCUT2D eigenvalue weighted by Gasteiger charge is 2.54. The molecule has 1 aliphatic heterocycles. The van der Waals surface area contributed by atoms with Crippen molar-refractivity contribution >= 4 is 11.6 Å². The molecule has 1 saturated heterocycles. The van der Waals surface area contributed by atoms with Gasteiger partial charge in [0.25, 0.3) is 11.5 Å². The number of rotatable bonds is 2. The van der Waals surface area contributed by atoms with Crippen molar-refractivity contribution in [2.24, 2.45) is 11.8 Å². The minimum absolute atomic E-state index is 0.00469. The molecule has 1 aromatic rings. The molecule has 0 bridgehead atoms. The van der Waals surface area contributed by atoms with E-state index in [0.717, 1.165) is 12.8 Å². The van der Waals surface area contributed by atoms with E-state index in [-0.39, 0.29) is 30.1 Å². The van der Waals surface area contributed by atoms with Gasteiger partial charge in [-0.25, -0.2) is 18.0 Å². The third-order valence-electron chi connectivity index (χ3n) is 7.14. The predicted molar refractivity (Wildman–Crippen MR) is 99.8 cm³/mol. The van der Waals surface area contributed by atoms with E-state index in [1.165, 1.54) is 6.08 Å². The van der Waals surface area contributed by atoms with Crippen molar-refractivity contribution in [3.8, 4) is 0 Å². The van der Waals surface area contributed by atoms with Crippen molar-refractivity contribution in [1.29, 1.82) is 0 Å². The molecule has 5 unspecified atom stereocenters. The van der Waals surface area contributed by atoms with E-state index in [1.54, 1.807) is 11.5 Å². The predicted octanol–water partition coefficient (Wildman–Crippen LogP) is -0.119. The summed E-state index contributed by atoms with van der Waals surface area (Å²) >= 11 is 0. The Hall–Kier alpha value is -1.87. The second kappa shape index (κ2) is 6.31. The summed E-state index contributed by atoms with van der Waals surface area (Å²) in [6.45, 7) is 2.30. The fourth-order valence-corrected chi connectivity index (χ4v) is 5.57. The summed E-state index contributed by atoms with van der Waals surface area (Å²) in [7, 11) is 0. The summed E-state index contributed by atoms with van der Waals surface area (Å²) in [5, 5.41) is 10.8. The molecule has 4 aliphatic rings. The Morgan fingerprint density at radius 2 is 1.93 bits per heavy atom. The molecule has 0 amide bonds. The first kappa shape index (κ1) is 19.1. The number of nitrogens with one attached hydrogen (secondary N) is 1. The second-order valence-corrected chi connectivity index (χ2v) is 8.98. The Bertz CT molecular complexity index is 1090. The lowest BCUT2D eigenvalue weighted by atomic mass is 9.77. The van der Waals surface area contributed by atoms with Gasteiger partial charge in [-0.3, -0.25) is 19.2 Å². The van der Waals surface area contributed by atoms with Crippen LogP contribution in [0.3, 0.4) is 0 Å². The smallest absolute Gasteiger partial charge is 0.329 e. The molecule has 0 aromatic carbocycles. The topological polar surface area (TPSA) is 78.3 Å². The van der Waals surface area contributed by atoms with Gasteiger partial charge in [0, 0.05) is 31.5 Å². The molecule has 2 saturated carbocycles. The Morgan fingerprint density at radius 1 is 1.21 bits per heavy atom. The van der Waals surface area contributed by atoms with Gasteiger partial charge in [0.1, 0.15) is 12.3 Å². The number of nitrogens with zero attached hydrogens (tertiary/aromatic N) is 2. The van der Waals surface area contributed by atoms with Crippen LogP contribution in [0.15, 0.2) is 9.59 Å². The first-order valence-corrected chi connectivity index (χ1v) is 10.2. The zero-order valence-electron chi connectivity index (χ0n) is 16.1. The lowest BCUT2D eigenvalue weighted by Gasteiger charge is -2.36. The van der Waals surface area contributed by atoms with E-state index in [9.17, 15) is 23.5 Å². The van der Waals surface area contributed by atoms with Crippen LogP contribution in [0.25, 0.3) is 11.6 Å². The van der Waals surface area contributed by atoms with Crippen molar-refractivity contribution in [3.05, 3.63) is 31.4 Å². The van der Waals surface area contributed by atoms with Crippen molar-refractivity contribution in [2.45, 2.75) is 62.9 Å². The average molecular weight is 411 g/mol. The van der Waals surface area contributed by atoms with Crippen molar-refractivity contribution in [1.82, 2.24) is 14.5 Å². The van der Waals surface area contributed by atoms with Crippen molar-refractivity contribution in [2.75, 3.05) is 13.1 Å². The van der Waals surface area contributed by atoms with E-state index < -0.39 is 41.4 Å². The van der Waals surface area contributed by atoms with E-state index in [4.69, 9.17) is 0 Å². The summed E-state index contributed by atoms with van der Waals surface area (Å²) in [6.07, 6.45) is -0.392. The van der Waals surface area contributed by atoms with Gasteiger partial charge in [0.05, 0.1) is 16.6 Å². The van der Waals surface area contributed by atoms with Gasteiger partial charge in [0.2, 0.25) is 0 Å². The molecule has 0 radical (unpaired) electrons. The number of aromatic amines is 1. The number of aliphatic hydroxyl groups excluding tert-OH is 1. The summed E-state index contributed by atoms with van der Waals surface area (Å²) in [5.74, 6) is -3.84. The number of fused-ring (bicyclic) bond motifs is 2. The van der Waals surface area contributed by atoms with E-state index in [1.807, 2.05) is 4.90 Å². The largest absolute Gasteiger partial charge is 0.387 e. The van der Waals surface area contributed by atoms with E-state index in [0.29, 0.717) is 23.9 Å². The van der Waals surface area contributed by atoms with Crippen LogP contribution >= 0.6 is 0 Å². The maximum absolute atomic E-state index is 15.2. The maximum atomic E-state index is 15.2. The third-order valence-corrected chi connectivity index (χ3v) is 7.14. The molecule has 3 fully saturated rings. The molecule has 6 nitrogen and oxygen atoms in total. The monoisotopic (exact) mass is 411 g/mol. The highest BCUT2D eigenvalue weighted by atomic mass is 19.3. The molecular weight excluding hydrogens is 387 g/mol. The normalized spacial score (nSPS) is 36.4. The zero-order valence-corrected chi connectivity index (χ0v) is 16.1. The molecule has 9 heteroatoms. The molecule has 158 valence electrons. The molecule has 2 N–H and O–H groups in total. The fourth-order valence-electron chi connectivity index (χ4n) is 5.57. The molecule has 29 heavy (non-hydrogen) atoms. The van der Waals surface area contributed by atoms with Gasteiger partial charge >= 0.3 is 5.69 Å². The first-order valence-electron chi connectivity index (χ1n) is 10.2. The highest BCUT2D eigenvalue weighted by molar-refractivity contribution is 5.56. The van der Waals surface area contributed by atoms with Crippen molar-refractivity contribution in [3.63, 3.8) is 0 Å². The number of H-pyrrole nitrogens is 1. The average Bonchev–Trinajstić information content (AvgIpc) is 3.39. The third kappa shape index (κ3) is 2.84. The molecule has 2 heterocycles. The fraction of sp³-hybridized carbons (Fsp3) is 0.700.